The van der Waals surface area contributed by atoms with E-state index in [0.717, 1.165) is 62.0 Å². The molecule has 194 valence electrons. The molecule has 0 bridgehead atoms. The summed E-state index contributed by atoms with van der Waals surface area (Å²) >= 11 is 0. The predicted molar refractivity (Wildman–Crippen MR) is 146 cm³/mol. The molecule has 1 atom stereocenters. The molecule has 2 N–H and O–H groups in total. The molecule has 9 nitrogen and oxygen atoms in total. The summed E-state index contributed by atoms with van der Waals surface area (Å²) in [7, 11) is 3.31. The molecule has 0 amide bonds. The van der Waals surface area contributed by atoms with Gasteiger partial charge >= 0.3 is 0 Å². The molecule has 0 radical (unpaired) electrons. The Hall–Kier alpha value is -3.85. The minimum atomic E-state index is 0.227. The van der Waals surface area contributed by atoms with Crippen LogP contribution in [0.3, 0.4) is 0 Å². The van der Waals surface area contributed by atoms with Crippen LogP contribution in [0.15, 0.2) is 53.6 Å². The number of nitrogens with one attached hydrogen (secondary N) is 2. The Labute approximate surface area is 217 Å². The van der Waals surface area contributed by atoms with E-state index in [1.165, 1.54) is 16.8 Å². The highest BCUT2D eigenvalue weighted by Gasteiger charge is 2.20. The smallest absolute Gasteiger partial charge is 0.160 e. The molecule has 2 aliphatic rings. The van der Waals surface area contributed by atoms with Gasteiger partial charge in [0.25, 0.3) is 0 Å². The van der Waals surface area contributed by atoms with Crippen LogP contribution in [0.2, 0.25) is 0 Å². The molecule has 2 aromatic carbocycles. The van der Waals surface area contributed by atoms with E-state index >= 15 is 0 Å². The van der Waals surface area contributed by atoms with Crippen molar-refractivity contribution >= 4 is 23.5 Å². The Kier molecular flexibility index (Phi) is 8.00. The van der Waals surface area contributed by atoms with Gasteiger partial charge in [0.1, 0.15) is 11.6 Å². The van der Waals surface area contributed by atoms with Crippen LogP contribution in [-0.4, -0.2) is 63.3 Å². The van der Waals surface area contributed by atoms with Gasteiger partial charge in [-0.2, -0.15) is 5.10 Å². The summed E-state index contributed by atoms with van der Waals surface area (Å²) in [5.74, 6) is 4.12. The van der Waals surface area contributed by atoms with Crippen LogP contribution in [0.5, 0.6) is 11.5 Å². The number of morpholine rings is 1. The predicted octanol–water partition coefficient (Wildman–Crippen LogP) is 4.11. The fourth-order valence-electron chi connectivity index (χ4n) is 4.73. The summed E-state index contributed by atoms with van der Waals surface area (Å²) in [4.78, 5) is 11.9. The first-order chi connectivity index (χ1) is 18.2. The molecule has 1 unspecified atom stereocenters. The maximum absolute atomic E-state index is 5.53. The molecule has 0 saturated carbocycles. The summed E-state index contributed by atoms with van der Waals surface area (Å²) in [5.41, 5.74) is 6.79. The molecular formula is C28H34N6O3. The van der Waals surface area contributed by atoms with Gasteiger partial charge in [-0.1, -0.05) is 24.3 Å². The molecule has 0 aliphatic carbocycles. The number of anilines is 3. The number of hydrogen-bond acceptors (Lipinski definition) is 9. The van der Waals surface area contributed by atoms with E-state index < -0.39 is 0 Å². The Balaban J connectivity index is 1.27. The monoisotopic (exact) mass is 502 g/mol. The van der Waals surface area contributed by atoms with E-state index in [1.807, 2.05) is 30.5 Å². The van der Waals surface area contributed by atoms with E-state index in [0.29, 0.717) is 19.0 Å². The van der Waals surface area contributed by atoms with Crippen molar-refractivity contribution in [1.82, 2.24) is 9.97 Å². The number of aryl methyl sites for hydroxylation is 2. The molecule has 3 heterocycles. The van der Waals surface area contributed by atoms with Gasteiger partial charge in [-0.15, -0.1) is 0 Å². The van der Waals surface area contributed by atoms with Crippen LogP contribution in [0.25, 0.3) is 0 Å². The molecule has 1 saturated heterocycles. The van der Waals surface area contributed by atoms with Gasteiger partial charge in [0.2, 0.25) is 0 Å². The van der Waals surface area contributed by atoms with Gasteiger partial charge in [0.15, 0.2) is 17.3 Å². The fraction of sp³-hybridized carbons (Fsp3) is 0.393. The van der Waals surface area contributed by atoms with E-state index in [4.69, 9.17) is 24.2 Å². The van der Waals surface area contributed by atoms with Crippen molar-refractivity contribution in [1.29, 1.82) is 0 Å². The normalized spacial score (nSPS) is 16.9. The van der Waals surface area contributed by atoms with Gasteiger partial charge in [-0.05, 0) is 42.2 Å². The van der Waals surface area contributed by atoms with Gasteiger partial charge in [-0.25, -0.2) is 9.97 Å². The van der Waals surface area contributed by atoms with Crippen molar-refractivity contribution in [2.24, 2.45) is 5.10 Å². The Morgan fingerprint density at radius 1 is 1.05 bits per heavy atom. The van der Waals surface area contributed by atoms with Crippen molar-refractivity contribution in [2.75, 3.05) is 62.7 Å². The summed E-state index contributed by atoms with van der Waals surface area (Å²) in [6, 6.07) is 16.4. The summed E-state index contributed by atoms with van der Waals surface area (Å²) in [6.45, 7) is 3.88. The first-order valence-electron chi connectivity index (χ1n) is 12.8. The minimum absolute atomic E-state index is 0.227. The molecule has 3 aromatic rings. The Bertz CT molecular complexity index is 1230. The van der Waals surface area contributed by atoms with Crippen LogP contribution in [0.4, 0.5) is 17.3 Å². The van der Waals surface area contributed by atoms with Crippen molar-refractivity contribution in [3.8, 4) is 11.5 Å². The SMILES string of the molecule is COc1ccc(CCCc2nc(N/N=C/C3CNc4ccccc43)cc(N3CCOCC3)n2)cc1OC. The van der Waals surface area contributed by atoms with Gasteiger partial charge in [0.05, 0.1) is 27.4 Å². The minimum Gasteiger partial charge on any atom is -0.493 e. The van der Waals surface area contributed by atoms with Crippen molar-refractivity contribution in [3.63, 3.8) is 0 Å². The molecule has 5 rings (SSSR count). The lowest BCUT2D eigenvalue weighted by molar-refractivity contribution is 0.122. The molecular weight excluding hydrogens is 468 g/mol. The number of para-hydroxylation sites is 1. The number of nitrogens with zero attached hydrogens (tertiary/aromatic N) is 4. The average Bonchev–Trinajstić information content (AvgIpc) is 3.36. The average molecular weight is 503 g/mol. The standard InChI is InChI=1S/C28H34N6O3/c1-35-24-11-10-20(16-25(24)36-2)6-5-9-26-31-27(17-28(32-26)34-12-14-37-15-13-34)33-30-19-21-18-29-23-8-4-3-7-22(21)23/h3-4,7-8,10-11,16-17,19,21,29H,5-6,9,12-15,18H2,1-2H3,(H,31,32,33)/b30-19+. The largest absolute Gasteiger partial charge is 0.493 e. The van der Waals surface area contributed by atoms with Crippen molar-refractivity contribution in [2.45, 2.75) is 25.2 Å². The van der Waals surface area contributed by atoms with Crippen molar-refractivity contribution < 1.29 is 14.2 Å². The lowest BCUT2D eigenvalue weighted by Crippen LogP contribution is -2.37. The number of hydrogen-bond donors (Lipinski definition) is 2. The van der Waals surface area contributed by atoms with Crippen LogP contribution < -0.4 is 25.1 Å². The zero-order chi connectivity index (χ0) is 25.5. The second-order valence-electron chi connectivity index (χ2n) is 9.13. The molecule has 1 fully saturated rings. The maximum atomic E-state index is 5.53. The third-order valence-corrected chi connectivity index (χ3v) is 6.71. The van der Waals surface area contributed by atoms with E-state index in [2.05, 4.69) is 45.0 Å². The molecule has 37 heavy (non-hydrogen) atoms. The number of aromatic nitrogens is 2. The second-order valence-corrected chi connectivity index (χ2v) is 9.13. The van der Waals surface area contributed by atoms with Crippen LogP contribution >= 0.6 is 0 Å². The topological polar surface area (TPSA) is 93.1 Å². The van der Waals surface area contributed by atoms with E-state index in [1.54, 1.807) is 14.2 Å². The molecule has 2 aliphatic heterocycles. The molecule has 0 spiro atoms. The molecule has 1 aromatic heterocycles. The van der Waals surface area contributed by atoms with Crippen molar-refractivity contribution in [3.05, 3.63) is 65.5 Å². The first kappa shape index (κ1) is 24.8. The second kappa shape index (κ2) is 11.9. The van der Waals surface area contributed by atoms with Crippen LogP contribution in [0.1, 0.15) is 29.3 Å². The highest BCUT2D eigenvalue weighted by Crippen LogP contribution is 2.30. The first-order valence-corrected chi connectivity index (χ1v) is 12.8. The van der Waals surface area contributed by atoms with Gasteiger partial charge in [-0.3, -0.25) is 5.43 Å². The Morgan fingerprint density at radius 2 is 1.89 bits per heavy atom. The van der Waals surface area contributed by atoms with Gasteiger partial charge < -0.3 is 24.4 Å². The highest BCUT2D eigenvalue weighted by molar-refractivity contribution is 5.77. The zero-order valence-electron chi connectivity index (χ0n) is 21.4. The summed E-state index contributed by atoms with van der Waals surface area (Å²) < 4.78 is 16.3. The number of rotatable bonds is 10. The summed E-state index contributed by atoms with van der Waals surface area (Å²) in [5, 5.41) is 7.97. The van der Waals surface area contributed by atoms with E-state index in [9.17, 15) is 0 Å². The number of hydrazone groups is 1. The highest BCUT2D eigenvalue weighted by atomic mass is 16.5. The quantitative estimate of drug-likeness (QED) is 0.316. The van der Waals surface area contributed by atoms with E-state index in [-0.39, 0.29) is 5.92 Å². The third kappa shape index (κ3) is 6.11. The third-order valence-electron chi connectivity index (χ3n) is 6.71. The van der Waals surface area contributed by atoms with Gasteiger partial charge in [0, 0.05) is 49.9 Å². The van der Waals surface area contributed by atoms with Crippen LogP contribution in [0, 0.1) is 0 Å². The zero-order valence-corrected chi connectivity index (χ0v) is 21.4. The molecule has 9 heteroatoms. The number of fused-ring (bicyclic) bond motifs is 1. The number of methoxy groups -OCH3 is 2. The summed E-state index contributed by atoms with van der Waals surface area (Å²) in [6.07, 6.45) is 4.51. The fourth-order valence-corrected chi connectivity index (χ4v) is 4.73. The maximum Gasteiger partial charge on any atom is 0.160 e. The van der Waals surface area contributed by atoms with Crippen LogP contribution in [-0.2, 0) is 17.6 Å². The Morgan fingerprint density at radius 3 is 2.73 bits per heavy atom. The lowest BCUT2D eigenvalue weighted by Gasteiger charge is -2.28. The lowest BCUT2D eigenvalue weighted by atomic mass is 10.0. The number of ether oxygens (including phenoxy) is 3. The number of benzene rings is 2.